The van der Waals surface area contributed by atoms with Crippen molar-refractivity contribution in [1.29, 1.82) is 0 Å². The van der Waals surface area contributed by atoms with Crippen LogP contribution in [0.5, 0.6) is 0 Å². The zero-order chi connectivity index (χ0) is 10.7. The molecule has 2 N–H and O–H groups in total. The number of benzene rings is 1. The maximum Gasteiger partial charge on any atom is 0.327 e. The Kier molecular flexibility index (Phi) is 5.57. The average molecular weight is 254 g/mol. The van der Waals surface area contributed by atoms with Crippen molar-refractivity contribution in [1.82, 2.24) is 0 Å². The highest BCUT2D eigenvalue weighted by Crippen LogP contribution is 2.23. The first-order valence-corrected chi connectivity index (χ1v) is 4.22. The normalized spacial score (nSPS) is 11.5. The van der Waals surface area contributed by atoms with Crippen LogP contribution in [0.15, 0.2) is 18.2 Å². The minimum Gasteiger partial charge on any atom is -0.468 e. The van der Waals surface area contributed by atoms with E-state index in [0.717, 1.165) is 6.07 Å². The van der Waals surface area contributed by atoms with Crippen molar-refractivity contribution in [3.05, 3.63) is 34.6 Å². The van der Waals surface area contributed by atoms with Gasteiger partial charge >= 0.3 is 5.97 Å². The Morgan fingerprint density at radius 3 is 2.73 bits per heavy atom. The molecule has 0 heterocycles. The van der Waals surface area contributed by atoms with Crippen molar-refractivity contribution in [3.63, 3.8) is 0 Å². The molecule has 0 aliphatic rings. The van der Waals surface area contributed by atoms with E-state index in [0.29, 0.717) is 0 Å². The van der Waals surface area contributed by atoms with Crippen molar-refractivity contribution in [2.24, 2.45) is 5.73 Å². The van der Waals surface area contributed by atoms with Crippen LogP contribution in [0.3, 0.4) is 0 Å². The molecule has 0 spiro atoms. The summed E-state index contributed by atoms with van der Waals surface area (Å²) in [4.78, 5) is 11.0. The minimum absolute atomic E-state index is 0. The van der Waals surface area contributed by atoms with Crippen LogP contribution in [0, 0.1) is 5.82 Å². The largest absolute Gasteiger partial charge is 0.468 e. The molecule has 0 saturated carbocycles. The topological polar surface area (TPSA) is 52.3 Å². The van der Waals surface area contributed by atoms with Crippen molar-refractivity contribution in [3.8, 4) is 0 Å². The highest BCUT2D eigenvalue weighted by Gasteiger charge is 2.19. The predicted molar refractivity (Wildman–Crippen MR) is 57.6 cm³/mol. The van der Waals surface area contributed by atoms with Crippen LogP contribution < -0.4 is 5.73 Å². The smallest absolute Gasteiger partial charge is 0.327 e. The summed E-state index contributed by atoms with van der Waals surface area (Å²) in [7, 11) is 1.20. The number of carbonyl (C=O) groups is 1. The van der Waals surface area contributed by atoms with Crippen LogP contribution in [0.1, 0.15) is 11.6 Å². The van der Waals surface area contributed by atoms with Gasteiger partial charge in [0.15, 0.2) is 0 Å². The van der Waals surface area contributed by atoms with E-state index < -0.39 is 17.8 Å². The van der Waals surface area contributed by atoms with Crippen LogP contribution in [0.2, 0.25) is 5.02 Å². The van der Waals surface area contributed by atoms with E-state index in [1.807, 2.05) is 0 Å². The Hall–Kier alpha value is -0.840. The summed E-state index contributed by atoms with van der Waals surface area (Å²) in [6, 6.07) is 2.60. The Labute approximate surface area is 97.8 Å². The van der Waals surface area contributed by atoms with Gasteiger partial charge in [-0.3, -0.25) is 4.79 Å². The van der Waals surface area contributed by atoms with E-state index >= 15 is 0 Å². The minimum atomic E-state index is -1.05. The summed E-state index contributed by atoms with van der Waals surface area (Å²) < 4.78 is 17.2. The van der Waals surface area contributed by atoms with Crippen molar-refractivity contribution >= 4 is 30.0 Å². The van der Waals surface area contributed by atoms with Crippen LogP contribution in [-0.2, 0) is 9.53 Å². The van der Waals surface area contributed by atoms with E-state index in [2.05, 4.69) is 4.74 Å². The lowest BCUT2D eigenvalue weighted by atomic mass is 10.1. The number of ether oxygens (including phenoxy) is 1. The second-order valence-electron chi connectivity index (χ2n) is 2.67. The molecule has 0 bridgehead atoms. The molecule has 3 nitrogen and oxygen atoms in total. The lowest BCUT2D eigenvalue weighted by molar-refractivity contribution is -0.142. The number of esters is 1. The monoisotopic (exact) mass is 253 g/mol. The standard InChI is InChI=1S/C9H9ClFNO2.ClH/c1-14-9(13)8(12)6-4-5(11)2-3-7(6)10;/h2-4,8H,12H2,1H3;1H/t8-;/m1./s1. The predicted octanol–water partition coefficient (Wildman–Crippen LogP) is 2.07. The van der Waals surface area contributed by atoms with Gasteiger partial charge in [-0.05, 0) is 18.2 Å². The molecule has 0 amide bonds. The van der Waals surface area contributed by atoms with Gasteiger partial charge in [0.25, 0.3) is 0 Å². The Morgan fingerprint density at radius 2 is 2.20 bits per heavy atom. The summed E-state index contributed by atoms with van der Waals surface area (Å²) in [6.45, 7) is 0. The van der Waals surface area contributed by atoms with Gasteiger partial charge in [-0.15, -0.1) is 12.4 Å². The molecule has 0 aliphatic heterocycles. The van der Waals surface area contributed by atoms with Crippen LogP contribution in [-0.4, -0.2) is 13.1 Å². The molecule has 1 aromatic rings. The quantitative estimate of drug-likeness (QED) is 0.822. The number of rotatable bonds is 2. The number of nitrogens with two attached hydrogens (primary N) is 1. The summed E-state index contributed by atoms with van der Waals surface area (Å²) in [5, 5.41) is 0.240. The van der Waals surface area contributed by atoms with E-state index in [9.17, 15) is 9.18 Å². The maximum absolute atomic E-state index is 12.8. The lowest BCUT2D eigenvalue weighted by Crippen LogP contribution is -2.23. The van der Waals surface area contributed by atoms with Crippen LogP contribution in [0.25, 0.3) is 0 Å². The first-order valence-electron chi connectivity index (χ1n) is 3.84. The molecule has 0 fully saturated rings. The molecule has 0 radical (unpaired) electrons. The number of halogens is 3. The van der Waals surface area contributed by atoms with E-state index in [4.69, 9.17) is 17.3 Å². The summed E-state index contributed by atoms with van der Waals surface area (Å²) >= 11 is 5.74. The third kappa shape index (κ3) is 3.34. The molecular formula is C9H10Cl2FNO2. The molecule has 84 valence electrons. The zero-order valence-corrected chi connectivity index (χ0v) is 9.44. The number of hydrogen-bond acceptors (Lipinski definition) is 3. The summed E-state index contributed by atoms with van der Waals surface area (Å²) in [5.41, 5.74) is 5.71. The molecule has 0 aromatic heterocycles. The fourth-order valence-corrected chi connectivity index (χ4v) is 1.24. The van der Waals surface area contributed by atoms with Gasteiger partial charge in [-0.25, -0.2) is 4.39 Å². The van der Waals surface area contributed by atoms with Gasteiger partial charge in [0.1, 0.15) is 11.9 Å². The fraction of sp³-hybridized carbons (Fsp3) is 0.222. The molecule has 1 atom stereocenters. The second-order valence-corrected chi connectivity index (χ2v) is 3.07. The molecular weight excluding hydrogens is 244 g/mol. The Bertz CT molecular complexity index is 360. The summed E-state index contributed by atoms with van der Waals surface area (Å²) in [6.07, 6.45) is 0. The average Bonchev–Trinajstić information content (AvgIpc) is 2.19. The first-order chi connectivity index (χ1) is 6.56. The fourth-order valence-electron chi connectivity index (χ4n) is 1.01. The number of carbonyl (C=O) groups excluding carboxylic acids is 1. The third-order valence-corrected chi connectivity index (χ3v) is 2.09. The van der Waals surface area contributed by atoms with Crippen molar-refractivity contribution in [2.45, 2.75) is 6.04 Å². The van der Waals surface area contributed by atoms with Crippen LogP contribution >= 0.6 is 24.0 Å². The molecule has 1 rings (SSSR count). The van der Waals surface area contributed by atoms with Gasteiger partial charge in [-0.1, -0.05) is 11.6 Å². The van der Waals surface area contributed by atoms with Gasteiger partial charge in [0.05, 0.1) is 7.11 Å². The molecule has 1 aromatic carbocycles. The lowest BCUT2D eigenvalue weighted by Gasteiger charge is -2.10. The van der Waals surface area contributed by atoms with Crippen molar-refractivity contribution < 1.29 is 13.9 Å². The third-order valence-electron chi connectivity index (χ3n) is 1.75. The zero-order valence-electron chi connectivity index (χ0n) is 7.87. The Morgan fingerprint density at radius 1 is 1.60 bits per heavy atom. The van der Waals surface area contributed by atoms with Crippen molar-refractivity contribution in [2.75, 3.05) is 7.11 Å². The van der Waals surface area contributed by atoms with Gasteiger partial charge in [-0.2, -0.15) is 0 Å². The molecule has 0 unspecified atom stereocenters. The van der Waals surface area contributed by atoms with E-state index in [-0.39, 0.29) is 23.0 Å². The highest BCUT2D eigenvalue weighted by atomic mass is 35.5. The highest BCUT2D eigenvalue weighted by molar-refractivity contribution is 6.31. The van der Waals surface area contributed by atoms with E-state index in [1.54, 1.807) is 0 Å². The number of methoxy groups -OCH3 is 1. The number of hydrogen-bond donors (Lipinski definition) is 1. The second kappa shape index (κ2) is 5.90. The maximum atomic E-state index is 12.8. The summed E-state index contributed by atoms with van der Waals surface area (Å²) in [5.74, 6) is -1.15. The van der Waals surface area contributed by atoms with E-state index in [1.165, 1.54) is 19.2 Å². The van der Waals surface area contributed by atoms with Gasteiger partial charge < -0.3 is 10.5 Å². The SMILES string of the molecule is COC(=O)[C@H](N)c1cc(F)ccc1Cl.Cl. The van der Waals surface area contributed by atoms with Gasteiger partial charge in [0, 0.05) is 10.6 Å². The molecule has 0 aliphatic carbocycles. The molecule has 15 heavy (non-hydrogen) atoms. The van der Waals surface area contributed by atoms with Gasteiger partial charge in [0.2, 0.25) is 0 Å². The Balaban J connectivity index is 0.00000196. The first kappa shape index (κ1) is 14.2. The molecule has 0 saturated heterocycles. The van der Waals surface area contributed by atoms with Crippen LogP contribution in [0.4, 0.5) is 4.39 Å². The molecule has 6 heteroatoms.